The molecule has 2 aromatic heterocycles. The largest absolute Gasteiger partial charge is 0.347 e. The number of nitrogens with one attached hydrogen (secondary N) is 1. The van der Waals surface area contributed by atoms with Crippen LogP contribution in [0.2, 0.25) is 0 Å². The van der Waals surface area contributed by atoms with Gasteiger partial charge in [0, 0.05) is 31.1 Å². The van der Waals surface area contributed by atoms with Gasteiger partial charge in [0.15, 0.2) is 0 Å². The predicted octanol–water partition coefficient (Wildman–Crippen LogP) is 1.10. The van der Waals surface area contributed by atoms with Crippen LogP contribution in [0.25, 0.3) is 11.0 Å². The molecule has 0 unspecified atom stereocenters. The van der Waals surface area contributed by atoms with Crippen molar-refractivity contribution in [3.05, 3.63) is 35.4 Å². The van der Waals surface area contributed by atoms with Crippen molar-refractivity contribution in [1.82, 2.24) is 35.1 Å². The van der Waals surface area contributed by atoms with Crippen molar-refractivity contribution in [2.24, 2.45) is 0 Å². The van der Waals surface area contributed by atoms with Crippen molar-refractivity contribution in [2.75, 3.05) is 0 Å². The molecule has 1 aliphatic rings. The van der Waals surface area contributed by atoms with Crippen molar-refractivity contribution in [2.45, 2.75) is 45.8 Å². The maximum atomic E-state index is 12.6. The van der Waals surface area contributed by atoms with Gasteiger partial charge >= 0.3 is 0 Å². The average Bonchev–Trinajstić information content (AvgIpc) is 3.18. The fourth-order valence-electron chi connectivity index (χ4n) is 3.20. The van der Waals surface area contributed by atoms with Gasteiger partial charge in [-0.05, 0) is 38.5 Å². The third-order valence-corrected chi connectivity index (χ3v) is 4.54. The van der Waals surface area contributed by atoms with Gasteiger partial charge in [-0.25, -0.2) is 4.68 Å². The van der Waals surface area contributed by atoms with E-state index in [0.717, 1.165) is 42.1 Å². The van der Waals surface area contributed by atoms with Crippen LogP contribution in [0.5, 0.6) is 0 Å². The summed E-state index contributed by atoms with van der Waals surface area (Å²) in [6, 6.07) is 5.60. The summed E-state index contributed by atoms with van der Waals surface area (Å²) in [5, 5.41) is 19.6. The summed E-state index contributed by atoms with van der Waals surface area (Å²) in [5.41, 5.74) is 2.29. The molecule has 0 fully saturated rings. The number of benzene rings is 1. The van der Waals surface area contributed by atoms with Crippen LogP contribution >= 0.6 is 0 Å². The topological polar surface area (TPSA) is 90.5 Å². The van der Waals surface area contributed by atoms with E-state index in [1.807, 2.05) is 30.7 Å². The molecule has 8 nitrogen and oxygen atoms in total. The minimum absolute atomic E-state index is 0.0814. The predicted molar refractivity (Wildman–Crippen MR) is 87.5 cm³/mol. The highest BCUT2D eigenvalue weighted by Crippen LogP contribution is 2.17. The number of amides is 1. The molecule has 0 radical (unpaired) electrons. The second kappa shape index (κ2) is 5.70. The molecule has 0 bridgehead atoms. The quantitative estimate of drug-likeness (QED) is 0.778. The Morgan fingerprint density at radius 3 is 3.04 bits per heavy atom. The van der Waals surface area contributed by atoms with E-state index in [1.54, 1.807) is 6.07 Å². The monoisotopic (exact) mass is 325 g/mol. The number of hydrogen-bond acceptors (Lipinski definition) is 5. The third-order valence-electron chi connectivity index (χ3n) is 4.54. The van der Waals surface area contributed by atoms with E-state index in [-0.39, 0.29) is 11.9 Å². The SMILES string of the molecule is CCn1nnc2cc(C(=O)N[C@H]3CCc4nnc(C)n4C3)ccc21. The molecule has 0 saturated heterocycles. The molecule has 8 heteroatoms. The van der Waals surface area contributed by atoms with E-state index in [1.165, 1.54) is 0 Å². The van der Waals surface area contributed by atoms with Crippen LogP contribution in [-0.4, -0.2) is 41.7 Å². The summed E-state index contributed by atoms with van der Waals surface area (Å²) in [6.07, 6.45) is 1.70. The lowest BCUT2D eigenvalue weighted by molar-refractivity contribution is 0.0927. The van der Waals surface area contributed by atoms with Gasteiger partial charge in [0.1, 0.15) is 17.2 Å². The summed E-state index contributed by atoms with van der Waals surface area (Å²) in [6.45, 7) is 5.42. The van der Waals surface area contributed by atoms with Gasteiger partial charge < -0.3 is 9.88 Å². The highest BCUT2D eigenvalue weighted by Gasteiger charge is 2.23. The number of rotatable bonds is 3. The molecule has 1 amide bonds. The van der Waals surface area contributed by atoms with Crippen LogP contribution in [0.3, 0.4) is 0 Å². The van der Waals surface area contributed by atoms with Crippen molar-refractivity contribution >= 4 is 16.9 Å². The lowest BCUT2D eigenvalue weighted by Gasteiger charge is -2.24. The highest BCUT2D eigenvalue weighted by molar-refractivity contribution is 5.97. The Morgan fingerprint density at radius 1 is 1.33 bits per heavy atom. The number of aromatic nitrogens is 6. The number of carbonyl (C=O) groups excluding carboxylic acids is 1. The number of carbonyl (C=O) groups is 1. The van der Waals surface area contributed by atoms with E-state index < -0.39 is 0 Å². The standard InChI is InChI=1S/C16H19N7O/c1-3-23-14-6-4-11(8-13(14)19-21-23)16(24)17-12-5-7-15-20-18-10(2)22(15)9-12/h4,6,8,12H,3,5,7,9H2,1-2H3,(H,17,24)/t12-/m0/s1. The Morgan fingerprint density at radius 2 is 2.21 bits per heavy atom. The van der Waals surface area contributed by atoms with Crippen molar-refractivity contribution < 1.29 is 4.79 Å². The summed E-state index contributed by atoms with van der Waals surface area (Å²) in [5.74, 6) is 1.80. The number of fused-ring (bicyclic) bond motifs is 2. The second-order valence-corrected chi connectivity index (χ2v) is 6.09. The fourth-order valence-corrected chi connectivity index (χ4v) is 3.20. The Labute approximate surface area is 138 Å². The van der Waals surface area contributed by atoms with Crippen LogP contribution in [0.4, 0.5) is 0 Å². The molecule has 1 atom stereocenters. The van der Waals surface area contributed by atoms with Gasteiger partial charge in [-0.3, -0.25) is 4.79 Å². The first-order valence-corrected chi connectivity index (χ1v) is 8.18. The Hall–Kier alpha value is -2.77. The summed E-state index contributed by atoms with van der Waals surface area (Å²) >= 11 is 0. The van der Waals surface area contributed by atoms with E-state index in [2.05, 4.69) is 30.4 Å². The molecule has 1 aromatic carbocycles. The minimum Gasteiger partial charge on any atom is -0.347 e. The van der Waals surface area contributed by atoms with Crippen LogP contribution in [0.1, 0.15) is 35.4 Å². The van der Waals surface area contributed by atoms with Gasteiger partial charge in [-0.2, -0.15) is 0 Å². The number of hydrogen-bond donors (Lipinski definition) is 1. The zero-order chi connectivity index (χ0) is 16.7. The van der Waals surface area contributed by atoms with Crippen molar-refractivity contribution in [1.29, 1.82) is 0 Å². The maximum absolute atomic E-state index is 12.6. The van der Waals surface area contributed by atoms with Gasteiger partial charge in [0.05, 0.1) is 5.52 Å². The molecule has 124 valence electrons. The summed E-state index contributed by atoms with van der Waals surface area (Å²) < 4.78 is 3.89. The van der Waals surface area contributed by atoms with Crippen LogP contribution in [-0.2, 0) is 19.5 Å². The van der Waals surface area contributed by atoms with Crippen molar-refractivity contribution in [3.8, 4) is 0 Å². The number of aryl methyl sites for hydroxylation is 3. The Bertz CT molecular complexity index is 910. The van der Waals surface area contributed by atoms with Crippen LogP contribution in [0, 0.1) is 6.92 Å². The van der Waals surface area contributed by atoms with Gasteiger partial charge in [-0.1, -0.05) is 5.21 Å². The molecule has 0 spiro atoms. The first-order chi connectivity index (χ1) is 11.7. The molecule has 1 N–H and O–H groups in total. The Balaban J connectivity index is 1.51. The molecule has 0 aliphatic carbocycles. The number of nitrogens with zero attached hydrogens (tertiary/aromatic N) is 6. The molecular formula is C16H19N7O. The van der Waals surface area contributed by atoms with Gasteiger partial charge in [0.2, 0.25) is 0 Å². The van der Waals surface area contributed by atoms with E-state index in [0.29, 0.717) is 12.1 Å². The smallest absolute Gasteiger partial charge is 0.251 e. The van der Waals surface area contributed by atoms with Gasteiger partial charge in [-0.15, -0.1) is 15.3 Å². The molecule has 0 saturated carbocycles. The van der Waals surface area contributed by atoms with Gasteiger partial charge in [0.25, 0.3) is 5.91 Å². The zero-order valence-corrected chi connectivity index (χ0v) is 13.7. The van der Waals surface area contributed by atoms with Crippen LogP contribution < -0.4 is 5.32 Å². The third kappa shape index (κ3) is 2.44. The van der Waals surface area contributed by atoms with E-state index in [9.17, 15) is 4.79 Å². The van der Waals surface area contributed by atoms with Crippen LogP contribution in [0.15, 0.2) is 18.2 Å². The molecule has 3 aromatic rings. The Kier molecular flexibility index (Phi) is 3.51. The second-order valence-electron chi connectivity index (χ2n) is 6.09. The van der Waals surface area contributed by atoms with Crippen molar-refractivity contribution in [3.63, 3.8) is 0 Å². The molecule has 4 rings (SSSR count). The first-order valence-electron chi connectivity index (χ1n) is 8.18. The average molecular weight is 325 g/mol. The molecule has 24 heavy (non-hydrogen) atoms. The molecular weight excluding hydrogens is 306 g/mol. The summed E-state index contributed by atoms with van der Waals surface area (Å²) in [7, 11) is 0. The first kappa shape index (κ1) is 14.8. The minimum atomic E-state index is -0.0814. The van der Waals surface area contributed by atoms with E-state index in [4.69, 9.17) is 0 Å². The fraction of sp³-hybridized carbons (Fsp3) is 0.438. The molecule has 1 aliphatic heterocycles. The lowest BCUT2D eigenvalue weighted by Crippen LogP contribution is -2.41. The highest BCUT2D eigenvalue weighted by atomic mass is 16.1. The summed E-state index contributed by atoms with van der Waals surface area (Å²) in [4.78, 5) is 12.6. The zero-order valence-electron chi connectivity index (χ0n) is 13.7. The van der Waals surface area contributed by atoms with E-state index >= 15 is 0 Å². The lowest BCUT2D eigenvalue weighted by atomic mass is 10.1. The molecule has 3 heterocycles. The maximum Gasteiger partial charge on any atom is 0.251 e. The normalized spacial score (nSPS) is 17.0.